The maximum Gasteiger partial charge on any atom is 0.412 e. The molecule has 30 heavy (non-hydrogen) atoms. The van der Waals surface area contributed by atoms with Crippen LogP contribution in [0, 0.1) is 0 Å². The molecule has 3 rings (SSSR count). The van der Waals surface area contributed by atoms with Gasteiger partial charge in [0.1, 0.15) is 5.71 Å². The number of nitrogens with zero attached hydrogens (tertiary/aromatic N) is 2. The third-order valence-corrected chi connectivity index (χ3v) is 5.53. The van der Waals surface area contributed by atoms with Crippen LogP contribution >= 0.6 is 0 Å². The van der Waals surface area contributed by atoms with Gasteiger partial charge in [0.05, 0.1) is 0 Å². The fourth-order valence-electron chi connectivity index (χ4n) is 3.67. The molecular formula is C23H27F3N2O2. The van der Waals surface area contributed by atoms with E-state index in [-0.39, 0.29) is 6.42 Å². The van der Waals surface area contributed by atoms with Gasteiger partial charge in [-0.25, -0.2) is 9.79 Å². The summed E-state index contributed by atoms with van der Waals surface area (Å²) in [4.78, 5) is 20.8. The number of carbonyl (C=O) groups is 1. The molecule has 0 bridgehead atoms. The number of hydrogen-bond acceptors (Lipinski definition) is 4. The minimum Gasteiger partial charge on any atom is -0.407 e. The summed E-state index contributed by atoms with van der Waals surface area (Å²) in [7, 11) is 0. The maximum atomic E-state index is 12.7. The van der Waals surface area contributed by atoms with Crippen LogP contribution in [0.15, 0.2) is 56.8 Å². The molecule has 162 valence electrons. The summed E-state index contributed by atoms with van der Waals surface area (Å²) >= 11 is 0. The van der Waals surface area contributed by atoms with Crippen molar-refractivity contribution >= 4 is 17.6 Å². The van der Waals surface area contributed by atoms with Crippen LogP contribution in [0.3, 0.4) is 0 Å². The largest absolute Gasteiger partial charge is 0.412 e. The summed E-state index contributed by atoms with van der Waals surface area (Å²) in [6.07, 6.45) is 9.06. The lowest BCUT2D eigenvalue weighted by molar-refractivity contribution is -0.128. The molecule has 0 unspecified atom stereocenters. The van der Waals surface area contributed by atoms with Crippen molar-refractivity contribution in [1.29, 1.82) is 0 Å². The van der Waals surface area contributed by atoms with Crippen molar-refractivity contribution < 1.29 is 22.7 Å². The van der Waals surface area contributed by atoms with E-state index in [0.29, 0.717) is 37.3 Å². The van der Waals surface area contributed by atoms with Crippen LogP contribution < -0.4 is 0 Å². The van der Waals surface area contributed by atoms with Gasteiger partial charge in [0, 0.05) is 30.8 Å². The van der Waals surface area contributed by atoms with Gasteiger partial charge in [0.2, 0.25) is 0 Å². The zero-order chi connectivity index (χ0) is 21.6. The molecule has 0 atom stereocenters. The van der Waals surface area contributed by atoms with E-state index in [4.69, 9.17) is 4.74 Å². The Morgan fingerprint density at radius 1 is 0.967 bits per heavy atom. The molecule has 0 amide bonds. The third-order valence-electron chi connectivity index (χ3n) is 5.53. The van der Waals surface area contributed by atoms with Gasteiger partial charge in [-0.05, 0) is 49.7 Å². The highest BCUT2D eigenvalue weighted by Gasteiger charge is 2.34. The van der Waals surface area contributed by atoms with Crippen molar-refractivity contribution in [3.05, 3.63) is 46.8 Å². The van der Waals surface area contributed by atoms with Crippen LogP contribution in [0.2, 0.25) is 0 Å². The molecule has 4 nitrogen and oxygen atoms in total. The smallest absolute Gasteiger partial charge is 0.407 e. The average molecular weight is 420 g/mol. The Morgan fingerprint density at radius 3 is 2.33 bits per heavy atom. The first-order valence-electron chi connectivity index (χ1n) is 10.6. The summed E-state index contributed by atoms with van der Waals surface area (Å²) in [5.74, 6) is -0.0831. The van der Waals surface area contributed by atoms with Crippen molar-refractivity contribution in [2.75, 3.05) is 0 Å². The fourth-order valence-corrected chi connectivity index (χ4v) is 3.67. The number of allylic oxidation sites excluding steroid dienone is 6. The molecule has 7 heteroatoms. The van der Waals surface area contributed by atoms with E-state index in [1.54, 1.807) is 12.4 Å². The summed E-state index contributed by atoms with van der Waals surface area (Å²) in [6.45, 7) is 2.17. The van der Waals surface area contributed by atoms with Gasteiger partial charge in [0.25, 0.3) is 0 Å². The van der Waals surface area contributed by atoms with Gasteiger partial charge in [-0.3, -0.25) is 4.99 Å². The number of carbonyl (C=O) groups excluding carboxylic acids is 1. The molecule has 3 aliphatic rings. The topological polar surface area (TPSA) is 51.0 Å². The monoisotopic (exact) mass is 420 g/mol. The molecule has 0 aromatic heterocycles. The number of aliphatic imine (C=N–C) groups is 2. The normalized spacial score (nSPS) is 19.7. The number of hydrogen-bond donors (Lipinski definition) is 0. The van der Waals surface area contributed by atoms with E-state index in [1.165, 1.54) is 24.5 Å². The Labute approximate surface area is 175 Å². The molecule has 2 aliphatic heterocycles. The van der Waals surface area contributed by atoms with Crippen LogP contribution in [0.5, 0.6) is 0 Å². The predicted molar refractivity (Wildman–Crippen MR) is 111 cm³/mol. The molecule has 0 spiro atoms. The van der Waals surface area contributed by atoms with E-state index >= 15 is 0 Å². The standard InChI is InChI=1S/C23H27F3N2O2/c1-2-3-4-5-16-6-13-21(28-14-16)30-22(29)20-12-9-18(15-27-20)17-7-10-19(11-8-17)23(24,25)26/h7,10,14-15H,2-6,8-9,11-13H2,1H3. The lowest BCUT2D eigenvalue weighted by atomic mass is 9.90. The minimum absolute atomic E-state index is 0.0287. The van der Waals surface area contributed by atoms with Gasteiger partial charge >= 0.3 is 12.1 Å². The second-order valence-corrected chi connectivity index (χ2v) is 7.77. The lowest BCUT2D eigenvalue weighted by Gasteiger charge is -2.20. The highest BCUT2D eigenvalue weighted by Crippen LogP contribution is 2.36. The molecule has 0 saturated carbocycles. The maximum absolute atomic E-state index is 12.7. The third kappa shape index (κ3) is 6.03. The van der Waals surface area contributed by atoms with Crippen molar-refractivity contribution in [1.82, 2.24) is 0 Å². The Hall–Kier alpha value is -2.44. The minimum atomic E-state index is -4.27. The Kier molecular flexibility index (Phi) is 7.45. The number of halogens is 3. The van der Waals surface area contributed by atoms with Crippen LogP contribution in [0.25, 0.3) is 0 Å². The number of unbranched alkanes of at least 4 members (excludes halogenated alkanes) is 2. The van der Waals surface area contributed by atoms with Gasteiger partial charge in [0.15, 0.2) is 5.90 Å². The molecule has 0 aromatic carbocycles. The first-order valence-corrected chi connectivity index (χ1v) is 10.6. The molecule has 2 heterocycles. The molecule has 0 aromatic rings. The van der Waals surface area contributed by atoms with Gasteiger partial charge in [-0.2, -0.15) is 13.2 Å². The predicted octanol–water partition coefficient (Wildman–Crippen LogP) is 6.51. The Morgan fingerprint density at radius 2 is 1.77 bits per heavy atom. The first-order chi connectivity index (χ1) is 14.4. The average Bonchev–Trinajstić information content (AvgIpc) is 2.75. The second kappa shape index (κ2) is 10.0. The highest BCUT2D eigenvalue weighted by atomic mass is 19.4. The van der Waals surface area contributed by atoms with Gasteiger partial charge < -0.3 is 4.74 Å². The molecule has 0 radical (unpaired) electrons. The second-order valence-electron chi connectivity index (χ2n) is 7.77. The van der Waals surface area contributed by atoms with Gasteiger partial charge in [-0.15, -0.1) is 0 Å². The zero-order valence-corrected chi connectivity index (χ0v) is 17.2. The van der Waals surface area contributed by atoms with Gasteiger partial charge in [-0.1, -0.05) is 37.5 Å². The van der Waals surface area contributed by atoms with Crippen LogP contribution in [0.1, 0.15) is 71.1 Å². The highest BCUT2D eigenvalue weighted by molar-refractivity contribution is 6.38. The summed E-state index contributed by atoms with van der Waals surface area (Å²) in [5, 5.41) is 0. The number of alkyl halides is 3. The summed E-state index contributed by atoms with van der Waals surface area (Å²) < 4.78 is 43.6. The van der Waals surface area contributed by atoms with Crippen molar-refractivity contribution in [3.63, 3.8) is 0 Å². The first kappa shape index (κ1) is 22.2. The van der Waals surface area contributed by atoms with Crippen molar-refractivity contribution in [3.8, 4) is 0 Å². The fraction of sp³-hybridized carbons (Fsp3) is 0.522. The van der Waals surface area contributed by atoms with E-state index in [1.807, 2.05) is 0 Å². The van der Waals surface area contributed by atoms with Crippen molar-refractivity contribution in [2.24, 2.45) is 9.98 Å². The molecule has 0 fully saturated rings. The van der Waals surface area contributed by atoms with E-state index in [2.05, 4.69) is 16.9 Å². The van der Waals surface area contributed by atoms with Crippen molar-refractivity contribution in [2.45, 2.75) is 77.3 Å². The Bertz CT molecular complexity index is 858. The summed E-state index contributed by atoms with van der Waals surface area (Å²) in [5.41, 5.74) is 2.82. The number of rotatable bonds is 6. The molecule has 0 N–H and O–H groups in total. The zero-order valence-electron chi connectivity index (χ0n) is 17.2. The summed E-state index contributed by atoms with van der Waals surface area (Å²) in [6, 6.07) is 0. The molecule has 1 aliphatic carbocycles. The Balaban J connectivity index is 1.56. The van der Waals surface area contributed by atoms with Crippen LogP contribution in [0.4, 0.5) is 13.2 Å². The quantitative estimate of drug-likeness (QED) is 0.363. The number of esters is 1. The SMILES string of the molecule is CCCCCC1=CN=C(OC(=O)C2=NC=C(C3=CC=C(C(F)(F)F)CC3)CC2)CC1. The van der Waals surface area contributed by atoms with Crippen LogP contribution in [-0.4, -0.2) is 23.8 Å². The molecule has 0 saturated heterocycles. The molecular weight excluding hydrogens is 393 g/mol. The van der Waals surface area contributed by atoms with E-state index in [0.717, 1.165) is 36.5 Å². The number of ether oxygens (including phenoxy) is 1. The lowest BCUT2D eigenvalue weighted by Crippen LogP contribution is -2.23. The van der Waals surface area contributed by atoms with E-state index in [9.17, 15) is 18.0 Å². The van der Waals surface area contributed by atoms with Crippen LogP contribution in [-0.2, 0) is 9.53 Å². The van der Waals surface area contributed by atoms with E-state index < -0.39 is 17.7 Å².